The molecule has 0 bridgehead atoms. The summed E-state index contributed by atoms with van der Waals surface area (Å²) < 4.78 is 40.9. The van der Waals surface area contributed by atoms with Crippen LogP contribution in [0.5, 0.6) is 5.75 Å². The lowest BCUT2D eigenvalue weighted by Crippen LogP contribution is -2.36. The summed E-state index contributed by atoms with van der Waals surface area (Å²) in [6, 6.07) is 4.20. The molecular weight excluding hydrogens is 339 g/mol. The van der Waals surface area contributed by atoms with Crippen molar-refractivity contribution in [2.45, 2.75) is 13.1 Å². The van der Waals surface area contributed by atoms with Crippen molar-refractivity contribution in [2.75, 3.05) is 25.0 Å². The fourth-order valence-electron chi connectivity index (χ4n) is 1.50. The number of alkyl halides is 3. The number of hydrogen-bond donors (Lipinski definition) is 3. The second-order valence-electron chi connectivity index (χ2n) is 4.41. The SMILES string of the molecule is Cc1cc(NC(=O)CNC(=O)CN)ccc1OCC(F)(F)F.Cl. The Morgan fingerprint density at radius 1 is 1.26 bits per heavy atom. The fourth-order valence-corrected chi connectivity index (χ4v) is 1.50. The van der Waals surface area contributed by atoms with Crippen LogP contribution in [0.1, 0.15) is 5.56 Å². The minimum atomic E-state index is -4.42. The molecule has 6 nitrogen and oxygen atoms in total. The van der Waals surface area contributed by atoms with Crippen molar-refractivity contribution in [1.82, 2.24) is 5.32 Å². The first-order chi connectivity index (χ1) is 10.2. The minimum absolute atomic E-state index is 0. The zero-order valence-electron chi connectivity index (χ0n) is 12.2. The van der Waals surface area contributed by atoms with E-state index in [-0.39, 0.29) is 31.2 Å². The van der Waals surface area contributed by atoms with Crippen LogP contribution >= 0.6 is 12.4 Å². The molecule has 0 aromatic heterocycles. The van der Waals surface area contributed by atoms with Gasteiger partial charge in [-0.15, -0.1) is 12.4 Å². The molecular formula is C13H17ClF3N3O3. The summed E-state index contributed by atoms with van der Waals surface area (Å²) in [5, 5.41) is 4.78. The number of nitrogens with one attached hydrogen (secondary N) is 2. The van der Waals surface area contributed by atoms with Gasteiger partial charge in [0.2, 0.25) is 11.8 Å². The number of ether oxygens (including phenoxy) is 1. The zero-order valence-corrected chi connectivity index (χ0v) is 13.0. The van der Waals surface area contributed by atoms with Crippen molar-refractivity contribution >= 4 is 29.9 Å². The van der Waals surface area contributed by atoms with Gasteiger partial charge in [-0.05, 0) is 30.7 Å². The normalized spacial score (nSPS) is 10.5. The molecule has 1 aromatic rings. The van der Waals surface area contributed by atoms with Crippen LogP contribution in [0.4, 0.5) is 18.9 Å². The molecule has 1 aromatic carbocycles. The Labute approximate surface area is 137 Å². The predicted molar refractivity (Wildman–Crippen MR) is 80.7 cm³/mol. The van der Waals surface area contributed by atoms with E-state index in [2.05, 4.69) is 15.4 Å². The number of halogens is 4. The van der Waals surface area contributed by atoms with Crippen molar-refractivity contribution in [3.05, 3.63) is 23.8 Å². The van der Waals surface area contributed by atoms with Gasteiger partial charge >= 0.3 is 6.18 Å². The van der Waals surface area contributed by atoms with Gasteiger partial charge in [0.1, 0.15) is 5.75 Å². The number of benzene rings is 1. The number of carbonyl (C=O) groups is 2. The highest BCUT2D eigenvalue weighted by Crippen LogP contribution is 2.24. The number of hydrogen-bond acceptors (Lipinski definition) is 4. The molecule has 23 heavy (non-hydrogen) atoms. The molecule has 0 unspecified atom stereocenters. The van der Waals surface area contributed by atoms with E-state index in [1.807, 2.05) is 0 Å². The molecule has 10 heteroatoms. The second-order valence-corrected chi connectivity index (χ2v) is 4.41. The van der Waals surface area contributed by atoms with Crippen molar-refractivity contribution < 1.29 is 27.5 Å². The van der Waals surface area contributed by atoms with Gasteiger partial charge in [-0.3, -0.25) is 9.59 Å². The summed E-state index contributed by atoms with van der Waals surface area (Å²) in [6.07, 6.45) is -4.42. The standard InChI is InChI=1S/C13H16F3N3O3.ClH/c1-8-4-9(19-12(21)6-18-11(20)5-17)2-3-10(8)22-7-13(14,15)16;/h2-4H,5-7,17H2,1H3,(H,18,20)(H,19,21);1H. The maximum atomic E-state index is 12.1. The monoisotopic (exact) mass is 355 g/mol. The average Bonchev–Trinajstić information content (AvgIpc) is 2.42. The number of nitrogens with two attached hydrogens (primary N) is 1. The van der Waals surface area contributed by atoms with Crippen molar-refractivity contribution in [3.63, 3.8) is 0 Å². The zero-order chi connectivity index (χ0) is 16.8. The molecule has 0 saturated carbocycles. The van der Waals surface area contributed by atoms with E-state index in [4.69, 9.17) is 5.73 Å². The Kier molecular flexibility index (Phi) is 8.41. The Balaban J connectivity index is 0.00000484. The highest BCUT2D eigenvalue weighted by molar-refractivity contribution is 5.94. The number of anilines is 1. The molecule has 0 atom stereocenters. The largest absolute Gasteiger partial charge is 0.484 e. The lowest BCUT2D eigenvalue weighted by Gasteiger charge is -2.13. The van der Waals surface area contributed by atoms with Crippen molar-refractivity contribution in [2.24, 2.45) is 5.73 Å². The minimum Gasteiger partial charge on any atom is -0.484 e. The van der Waals surface area contributed by atoms with Crippen LogP contribution in [-0.2, 0) is 9.59 Å². The average molecular weight is 356 g/mol. The summed E-state index contributed by atoms with van der Waals surface area (Å²) in [5.74, 6) is -0.876. The van der Waals surface area contributed by atoms with Gasteiger partial charge in [-0.1, -0.05) is 0 Å². The van der Waals surface area contributed by atoms with Crippen LogP contribution < -0.4 is 21.1 Å². The third-order valence-electron chi connectivity index (χ3n) is 2.48. The molecule has 0 aliphatic heterocycles. The Bertz CT molecular complexity index is 553. The van der Waals surface area contributed by atoms with E-state index in [9.17, 15) is 22.8 Å². The molecule has 1 rings (SSSR count). The predicted octanol–water partition coefficient (Wildman–Crippen LogP) is 1.37. The molecule has 2 amide bonds. The quantitative estimate of drug-likeness (QED) is 0.718. The second kappa shape index (κ2) is 9.21. The Hall–Kier alpha value is -2.00. The molecule has 0 aliphatic rings. The van der Waals surface area contributed by atoms with Gasteiger partial charge < -0.3 is 21.1 Å². The highest BCUT2D eigenvalue weighted by atomic mass is 35.5. The van der Waals surface area contributed by atoms with Gasteiger partial charge in [-0.2, -0.15) is 13.2 Å². The van der Waals surface area contributed by atoms with Gasteiger partial charge in [0.25, 0.3) is 0 Å². The molecule has 0 radical (unpaired) electrons. The number of rotatable bonds is 6. The van der Waals surface area contributed by atoms with Crippen molar-refractivity contribution in [1.29, 1.82) is 0 Å². The van der Waals surface area contributed by atoms with Crippen LogP contribution in [0.2, 0.25) is 0 Å². The molecule has 130 valence electrons. The summed E-state index contributed by atoms with van der Waals surface area (Å²) in [5.41, 5.74) is 5.89. The van der Waals surface area contributed by atoms with E-state index in [0.29, 0.717) is 11.3 Å². The van der Waals surface area contributed by atoms with E-state index in [1.165, 1.54) is 18.2 Å². The highest BCUT2D eigenvalue weighted by Gasteiger charge is 2.28. The smallest absolute Gasteiger partial charge is 0.422 e. The lowest BCUT2D eigenvalue weighted by atomic mass is 10.2. The van der Waals surface area contributed by atoms with E-state index < -0.39 is 24.6 Å². The van der Waals surface area contributed by atoms with E-state index in [1.54, 1.807) is 6.92 Å². The summed E-state index contributed by atoms with van der Waals surface area (Å²) in [7, 11) is 0. The lowest BCUT2D eigenvalue weighted by molar-refractivity contribution is -0.153. The van der Waals surface area contributed by atoms with Crippen molar-refractivity contribution in [3.8, 4) is 5.75 Å². The number of amides is 2. The van der Waals surface area contributed by atoms with Gasteiger partial charge in [-0.25, -0.2) is 0 Å². The van der Waals surface area contributed by atoms with E-state index >= 15 is 0 Å². The summed E-state index contributed by atoms with van der Waals surface area (Å²) >= 11 is 0. The first-order valence-corrected chi connectivity index (χ1v) is 6.28. The summed E-state index contributed by atoms with van der Waals surface area (Å²) in [6.45, 7) is -0.304. The molecule has 0 fully saturated rings. The Morgan fingerprint density at radius 2 is 1.91 bits per heavy atom. The first kappa shape index (κ1) is 21.0. The molecule has 4 N–H and O–H groups in total. The third kappa shape index (κ3) is 8.27. The topological polar surface area (TPSA) is 93.5 Å². The van der Waals surface area contributed by atoms with Crippen LogP contribution in [0.25, 0.3) is 0 Å². The van der Waals surface area contributed by atoms with Crippen LogP contribution in [0.15, 0.2) is 18.2 Å². The number of aryl methyl sites for hydroxylation is 1. The van der Waals surface area contributed by atoms with Gasteiger partial charge in [0.05, 0.1) is 13.1 Å². The molecule has 0 heterocycles. The molecule has 0 aliphatic carbocycles. The third-order valence-corrected chi connectivity index (χ3v) is 2.48. The van der Waals surface area contributed by atoms with Crippen LogP contribution in [-0.4, -0.2) is 37.7 Å². The first-order valence-electron chi connectivity index (χ1n) is 6.28. The van der Waals surface area contributed by atoms with Crippen LogP contribution in [0.3, 0.4) is 0 Å². The molecule has 0 saturated heterocycles. The maximum Gasteiger partial charge on any atom is 0.422 e. The number of carbonyl (C=O) groups excluding carboxylic acids is 2. The van der Waals surface area contributed by atoms with Gasteiger partial charge in [0, 0.05) is 5.69 Å². The fraction of sp³-hybridized carbons (Fsp3) is 0.385. The molecule has 0 spiro atoms. The van der Waals surface area contributed by atoms with Crippen LogP contribution in [0, 0.1) is 6.92 Å². The van der Waals surface area contributed by atoms with Gasteiger partial charge in [0.15, 0.2) is 6.61 Å². The summed E-state index contributed by atoms with van der Waals surface area (Å²) in [4.78, 5) is 22.4. The maximum absolute atomic E-state index is 12.1. The Morgan fingerprint density at radius 3 is 2.43 bits per heavy atom. The van der Waals surface area contributed by atoms with E-state index in [0.717, 1.165) is 0 Å².